The Kier molecular flexibility index (Phi) is 2.88. The topological polar surface area (TPSA) is 64.0 Å². The standard InChI is InChI=1S/C15H24N2O3/c18-13-5-3-6-15(20)11-8-10(9-17(13)15)12-4-1-2-7-16(12)14(11)19/h10-12,14,19-20H,1-9H2/t10-,11-,12+,14?,15+/m1/s1. The molecule has 5 nitrogen and oxygen atoms in total. The predicted octanol–water partition coefficient (Wildman–Crippen LogP) is 0.510. The normalized spacial score (nSPS) is 48.7. The van der Waals surface area contributed by atoms with Gasteiger partial charge in [-0.15, -0.1) is 0 Å². The molecule has 1 amide bonds. The zero-order valence-corrected chi connectivity index (χ0v) is 11.9. The molecule has 0 aromatic heterocycles. The Morgan fingerprint density at radius 2 is 2.10 bits per heavy atom. The summed E-state index contributed by atoms with van der Waals surface area (Å²) in [5.41, 5.74) is -1.10. The van der Waals surface area contributed by atoms with Crippen LogP contribution in [0.3, 0.4) is 0 Å². The molecule has 4 rings (SSSR count). The molecular formula is C15H24N2O3. The summed E-state index contributed by atoms with van der Waals surface area (Å²) in [6.45, 7) is 1.61. The number of fused-ring (bicyclic) bond motifs is 6. The summed E-state index contributed by atoms with van der Waals surface area (Å²) < 4.78 is 0. The van der Waals surface area contributed by atoms with Crippen molar-refractivity contribution in [1.29, 1.82) is 0 Å². The highest BCUT2D eigenvalue weighted by Gasteiger charge is 2.59. The van der Waals surface area contributed by atoms with Crippen LogP contribution >= 0.6 is 0 Å². The van der Waals surface area contributed by atoms with Crippen molar-refractivity contribution in [2.45, 2.75) is 62.9 Å². The number of hydrogen-bond acceptors (Lipinski definition) is 4. The quantitative estimate of drug-likeness (QED) is 0.678. The number of carbonyl (C=O) groups excluding carboxylic acids is 1. The first-order chi connectivity index (χ1) is 9.61. The average Bonchev–Trinajstić information content (AvgIpc) is 2.45. The van der Waals surface area contributed by atoms with E-state index in [2.05, 4.69) is 4.90 Å². The second-order valence-electron chi connectivity index (χ2n) is 7.05. The Bertz CT molecular complexity index is 429. The maximum Gasteiger partial charge on any atom is 0.224 e. The molecule has 0 saturated carbocycles. The molecule has 4 saturated heterocycles. The van der Waals surface area contributed by atoms with E-state index in [0.717, 1.165) is 32.2 Å². The van der Waals surface area contributed by atoms with Gasteiger partial charge in [-0.05, 0) is 38.0 Å². The lowest BCUT2D eigenvalue weighted by atomic mass is 9.68. The molecule has 2 bridgehead atoms. The lowest BCUT2D eigenvalue weighted by molar-refractivity contribution is -0.269. The van der Waals surface area contributed by atoms with Gasteiger partial charge in [0.15, 0.2) is 0 Å². The van der Waals surface area contributed by atoms with Gasteiger partial charge in [-0.2, -0.15) is 0 Å². The van der Waals surface area contributed by atoms with Gasteiger partial charge in [0.2, 0.25) is 5.91 Å². The Morgan fingerprint density at radius 1 is 1.25 bits per heavy atom. The summed E-state index contributed by atoms with van der Waals surface area (Å²) in [7, 11) is 0. The summed E-state index contributed by atoms with van der Waals surface area (Å²) in [5, 5.41) is 21.8. The van der Waals surface area contributed by atoms with Crippen molar-refractivity contribution in [2.24, 2.45) is 11.8 Å². The van der Waals surface area contributed by atoms with E-state index in [1.54, 1.807) is 4.90 Å². The lowest BCUT2D eigenvalue weighted by Crippen LogP contribution is -2.73. The van der Waals surface area contributed by atoms with Gasteiger partial charge in [0.1, 0.15) is 12.0 Å². The van der Waals surface area contributed by atoms with Gasteiger partial charge in [-0.1, -0.05) is 6.42 Å². The SMILES string of the molecule is O=C1CCC[C@]2(O)[C@@H]3C[C@H](CN12)[C@@H]1CCCCN1C3O. The summed E-state index contributed by atoms with van der Waals surface area (Å²) in [6, 6.07) is 0.397. The highest BCUT2D eigenvalue weighted by atomic mass is 16.3. The Hall–Kier alpha value is -0.650. The number of aliphatic hydroxyl groups excluding tert-OH is 1. The first kappa shape index (κ1) is 13.0. The third-order valence-electron chi connectivity index (χ3n) is 6.11. The molecule has 0 aliphatic carbocycles. The maximum absolute atomic E-state index is 12.2. The highest BCUT2D eigenvalue weighted by molar-refractivity contribution is 5.78. The molecule has 4 heterocycles. The van der Waals surface area contributed by atoms with Crippen molar-refractivity contribution < 1.29 is 15.0 Å². The number of amides is 1. The van der Waals surface area contributed by atoms with E-state index >= 15 is 0 Å². The first-order valence-corrected chi connectivity index (χ1v) is 8.08. The van der Waals surface area contributed by atoms with Gasteiger partial charge in [0, 0.05) is 31.5 Å². The van der Waals surface area contributed by atoms with Crippen LogP contribution < -0.4 is 0 Å². The van der Waals surface area contributed by atoms with Gasteiger partial charge in [0.05, 0.1) is 0 Å². The van der Waals surface area contributed by atoms with E-state index in [1.165, 1.54) is 6.42 Å². The molecule has 4 aliphatic heterocycles. The second kappa shape index (κ2) is 4.42. The van der Waals surface area contributed by atoms with Crippen molar-refractivity contribution in [3.63, 3.8) is 0 Å². The van der Waals surface area contributed by atoms with E-state index in [-0.39, 0.29) is 11.8 Å². The van der Waals surface area contributed by atoms with Crippen molar-refractivity contribution in [1.82, 2.24) is 9.80 Å². The fraction of sp³-hybridized carbons (Fsp3) is 0.933. The average molecular weight is 280 g/mol. The molecule has 2 N–H and O–H groups in total. The van der Waals surface area contributed by atoms with Crippen LogP contribution in [0.1, 0.15) is 44.9 Å². The molecule has 0 aromatic rings. The Morgan fingerprint density at radius 3 is 2.95 bits per heavy atom. The Labute approximate surface area is 119 Å². The minimum atomic E-state index is -1.10. The van der Waals surface area contributed by atoms with Crippen LogP contribution in [-0.4, -0.2) is 57.0 Å². The summed E-state index contributed by atoms with van der Waals surface area (Å²) >= 11 is 0. The fourth-order valence-electron chi connectivity index (χ4n) is 5.14. The third-order valence-corrected chi connectivity index (χ3v) is 6.11. The van der Waals surface area contributed by atoms with Crippen LogP contribution in [0.25, 0.3) is 0 Å². The molecule has 0 spiro atoms. The molecule has 0 aromatic carbocycles. The molecule has 4 fully saturated rings. The monoisotopic (exact) mass is 280 g/mol. The molecule has 5 atom stereocenters. The molecule has 20 heavy (non-hydrogen) atoms. The van der Waals surface area contributed by atoms with E-state index in [9.17, 15) is 15.0 Å². The van der Waals surface area contributed by atoms with Crippen LogP contribution in [0.15, 0.2) is 0 Å². The lowest BCUT2D eigenvalue weighted by Gasteiger charge is -2.62. The van der Waals surface area contributed by atoms with Crippen LogP contribution in [0.5, 0.6) is 0 Å². The number of piperidine rings is 4. The number of nitrogens with zero attached hydrogens (tertiary/aromatic N) is 2. The van der Waals surface area contributed by atoms with Gasteiger partial charge in [-0.3, -0.25) is 9.69 Å². The number of rotatable bonds is 0. The number of aliphatic hydroxyl groups is 2. The fourth-order valence-corrected chi connectivity index (χ4v) is 5.14. The van der Waals surface area contributed by atoms with Crippen LogP contribution in [0.4, 0.5) is 0 Å². The van der Waals surface area contributed by atoms with Crippen molar-refractivity contribution in [2.75, 3.05) is 13.1 Å². The van der Waals surface area contributed by atoms with Gasteiger partial charge >= 0.3 is 0 Å². The second-order valence-corrected chi connectivity index (χ2v) is 7.05. The molecule has 112 valence electrons. The maximum atomic E-state index is 12.2. The third kappa shape index (κ3) is 1.63. The van der Waals surface area contributed by atoms with E-state index in [0.29, 0.717) is 31.3 Å². The van der Waals surface area contributed by atoms with Crippen molar-refractivity contribution in [3.8, 4) is 0 Å². The van der Waals surface area contributed by atoms with Crippen LogP contribution in [0, 0.1) is 11.8 Å². The Balaban J connectivity index is 1.70. The van der Waals surface area contributed by atoms with E-state index in [1.807, 2.05) is 0 Å². The summed E-state index contributed by atoms with van der Waals surface area (Å²) in [6.07, 6.45) is 5.65. The molecular weight excluding hydrogens is 256 g/mol. The number of hydrogen-bond donors (Lipinski definition) is 2. The molecule has 1 unspecified atom stereocenters. The first-order valence-electron chi connectivity index (χ1n) is 8.08. The zero-order chi connectivity index (χ0) is 13.9. The van der Waals surface area contributed by atoms with Gasteiger partial charge in [-0.25, -0.2) is 0 Å². The van der Waals surface area contributed by atoms with Gasteiger partial charge < -0.3 is 15.1 Å². The van der Waals surface area contributed by atoms with Crippen molar-refractivity contribution >= 4 is 5.91 Å². The molecule has 0 radical (unpaired) electrons. The largest absolute Gasteiger partial charge is 0.378 e. The van der Waals surface area contributed by atoms with Gasteiger partial charge in [0.25, 0.3) is 0 Å². The van der Waals surface area contributed by atoms with Crippen LogP contribution in [0.2, 0.25) is 0 Å². The summed E-state index contributed by atoms with van der Waals surface area (Å²) in [5.74, 6) is 0.302. The van der Waals surface area contributed by atoms with Crippen LogP contribution in [-0.2, 0) is 4.79 Å². The number of carbonyl (C=O) groups is 1. The molecule has 4 aliphatic rings. The van der Waals surface area contributed by atoms with Crippen molar-refractivity contribution in [3.05, 3.63) is 0 Å². The summed E-state index contributed by atoms with van der Waals surface area (Å²) in [4.78, 5) is 16.1. The predicted molar refractivity (Wildman–Crippen MR) is 72.5 cm³/mol. The van der Waals surface area contributed by atoms with E-state index < -0.39 is 12.0 Å². The highest BCUT2D eigenvalue weighted by Crippen LogP contribution is 2.49. The smallest absolute Gasteiger partial charge is 0.224 e. The minimum Gasteiger partial charge on any atom is -0.378 e. The minimum absolute atomic E-state index is 0.0740. The molecule has 5 heteroatoms. The van der Waals surface area contributed by atoms with E-state index in [4.69, 9.17) is 0 Å². The zero-order valence-electron chi connectivity index (χ0n) is 11.9.